The Morgan fingerprint density at radius 2 is 1.54 bits per heavy atom. The minimum Gasteiger partial charge on any atom is -0.368 e. The maximum atomic E-state index is 13.1. The van der Waals surface area contributed by atoms with Crippen LogP contribution in [0, 0.1) is 12.7 Å². The molecule has 2 fully saturated rings. The fourth-order valence-electron chi connectivity index (χ4n) is 3.93. The van der Waals surface area contributed by atoms with E-state index in [1.165, 1.54) is 18.6 Å². The molecule has 7 heteroatoms. The highest BCUT2D eigenvalue weighted by molar-refractivity contribution is 5.93. The molecule has 2 aliphatic rings. The lowest BCUT2D eigenvalue weighted by Crippen LogP contribution is -2.47. The smallest absolute Gasteiger partial charge is 0.272 e. The molecule has 2 aromatic rings. The summed E-state index contributed by atoms with van der Waals surface area (Å²) in [5.41, 5.74) is 1.52. The fraction of sp³-hybridized carbons (Fsp3) is 0.476. The minimum atomic E-state index is -0.218. The minimum absolute atomic E-state index is 0.0106. The topological polar surface area (TPSA) is 52.6 Å². The third-order valence-corrected chi connectivity index (χ3v) is 5.48. The number of carbonyl (C=O) groups is 1. The molecule has 1 amide bonds. The number of aryl methyl sites for hydroxylation is 1. The Morgan fingerprint density at radius 1 is 0.893 bits per heavy atom. The van der Waals surface area contributed by atoms with E-state index in [4.69, 9.17) is 0 Å². The molecule has 1 aromatic heterocycles. The van der Waals surface area contributed by atoms with Gasteiger partial charge in [-0.25, -0.2) is 14.4 Å². The van der Waals surface area contributed by atoms with Gasteiger partial charge in [0.25, 0.3) is 5.91 Å². The molecule has 28 heavy (non-hydrogen) atoms. The number of piperidine rings is 1. The van der Waals surface area contributed by atoms with Crippen molar-refractivity contribution in [3.8, 4) is 0 Å². The predicted molar refractivity (Wildman–Crippen MR) is 107 cm³/mol. The van der Waals surface area contributed by atoms with Crippen molar-refractivity contribution in [3.63, 3.8) is 0 Å². The number of hydrogen-bond acceptors (Lipinski definition) is 5. The average molecular weight is 383 g/mol. The van der Waals surface area contributed by atoms with Crippen molar-refractivity contribution in [1.82, 2.24) is 14.9 Å². The van der Waals surface area contributed by atoms with Crippen molar-refractivity contribution in [2.24, 2.45) is 0 Å². The summed E-state index contributed by atoms with van der Waals surface area (Å²) >= 11 is 0. The molecule has 0 saturated carbocycles. The third kappa shape index (κ3) is 4.08. The van der Waals surface area contributed by atoms with E-state index in [-0.39, 0.29) is 11.7 Å². The van der Waals surface area contributed by atoms with Gasteiger partial charge in [-0.15, -0.1) is 0 Å². The van der Waals surface area contributed by atoms with Crippen molar-refractivity contribution >= 4 is 17.4 Å². The summed E-state index contributed by atoms with van der Waals surface area (Å²) in [6.45, 7) is 6.71. The number of benzene rings is 1. The average Bonchev–Trinajstić information content (AvgIpc) is 2.74. The van der Waals surface area contributed by atoms with Crippen molar-refractivity contribution in [2.45, 2.75) is 26.2 Å². The van der Waals surface area contributed by atoms with E-state index in [2.05, 4.69) is 19.8 Å². The summed E-state index contributed by atoms with van der Waals surface area (Å²) < 4.78 is 13.1. The van der Waals surface area contributed by atoms with Gasteiger partial charge in [-0.05, 0) is 50.5 Å². The van der Waals surface area contributed by atoms with E-state index in [0.717, 1.165) is 63.6 Å². The molecule has 0 spiro atoms. The van der Waals surface area contributed by atoms with E-state index < -0.39 is 0 Å². The van der Waals surface area contributed by atoms with E-state index >= 15 is 0 Å². The van der Waals surface area contributed by atoms with Gasteiger partial charge in [0.1, 0.15) is 23.2 Å². The quantitative estimate of drug-likeness (QED) is 0.816. The molecule has 0 bridgehead atoms. The standard InChI is InChI=1S/C21H26FN5O/c1-16-23-19(21(28)27-9-3-2-4-10-27)15-20(24-16)26-13-11-25(12-14-26)18-7-5-17(22)6-8-18/h5-8,15H,2-4,9-14H2,1H3. The number of aromatic nitrogens is 2. The van der Waals surface area contributed by atoms with E-state index in [0.29, 0.717) is 11.5 Å². The normalized spacial score (nSPS) is 17.7. The molecule has 4 rings (SSSR count). The molecule has 0 unspecified atom stereocenters. The van der Waals surface area contributed by atoms with Crippen LogP contribution in [-0.2, 0) is 0 Å². The summed E-state index contributed by atoms with van der Waals surface area (Å²) in [5, 5.41) is 0. The Labute approximate surface area is 165 Å². The van der Waals surface area contributed by atoms with Crippen molar-refractivity contribution in [3.05, 3.63) is 47.7 Å². The number of amides is 1. The maximum Gasteiger partial charge on any atom is 0.272 e. The summed E-state index contributed by atoms with van der Waals surface area (Å²) in [7, 11) is 0. The Morgan fingerprint density at radius 3 is 2.21 bits per heavy atom. The number of anilines is 2. The molecule has 0 atom stereocenters. The zero-order valence-electron chi connectivity index (χ0n) is 16.3. The van der Waals surface area contributed by atoms with Crippen molar-refractivity contribution < 1.29 is 9.18 Å². The lowest BCUT2D eigenvalue weighted by atomic mass is 10.1. The Hall–Kier alpha value is -2.70. The lowest BCUT2D eigenvalue weighted by molar-refractivity contribution is 0.0718. The fourth-order valence-corrected chi connectivity index (χ4v) is 3.93. The largest absolute Gasteiger partial charge is 0.368 e. The molecule has 6 nitrogen and oxygen atoms in total. The molecule has 148 valence electrons. The monoisotopic (exact) mass is 383 g/mol. The Balaban J connectivity index is 1.45. The molecule has 2 aliphatic heterocycles. The molecular weight excluding hydrogens is 357 g/mol. The SMILES string of the molecule is Cc1nc(C(=O)N2CCCCC2)cc(N2CCN(c3ccc(F)cc3)CC2)n1. The number of hydrogen-bond donors (Lipinski definition) is 0. The van der Waals surface area contributed by atoms with Gasteiger partial charge in [-0.3, -0.25) is 4.79 Å². The summed E-state index contributed by atoms with van der Waals surface area (Å²) in [4.78, 5) is 28.1. The number of rotatable bonds is 3. The van der Waals surface area contributed by atoms with Crippen LogP contribution in [0.15, 0.2) is 30.3 Å². The molecule has 1 aromatic carbocycles. The highest BCUT2D eigenvalue weighted by Gasteiger charge is 2.23. The molecule has 2 saturated heterocycles. The van der Waals surface area contributed by atoms with Crippen molar-refractivity contribution in [1.29, 1.82) is 0 Å². The van der Waals surface area contributed by atoms with Crippen LogP contribution in [0.5, 0.6) is 0 Å². The molecule has 0 aliphatic carbocycles. The van der Waals surface area contributed by atoms with Crippen LogP contribution in [0.1, 0.15) is 35.6 Å². The number of halogens is 1. The van der Waals surface area contributed by atoms with Gasteiger partial charge >= 0.3 is 0 Å². The zero-order chi connectivity index (χ0) is 19.5. The van der Waals surface area contributed by atoms with Gasteiger partial charge in [0.15, 0.2) is 0 Å². The Bertz CT molecular complexity index is 827. The first-order chi connectivity index (χ1) is 13.6. The second kappa shape index (κ2) is 8.12. The van der Waals surface area contributed by atoms with Crippen LogP contribution in [0.25, 0.3) is 0 Å². The first-order valence-electron chi connectivity index (χ1n) is 10.0. The van der Waals surface area contributed by atoms with E-state index in [1.54, 1.807) is 0 Å². The number of nitrogens with zero attached hydrogens (tertiary/aromatic N) is 5. The van der Waals surface area contributed by atoms with Crippen LogP contribution >= 0.6 is 0 Å². The van der Waals surface area contributed by atoms with Gasteiger partial charge in [-0.2, -0.15) is 0 Å². The van der Waals surface area contributed by atoms with Crippen LogP contribution in [0.3, 0.4) is 0 Å². The molecule has 3 heterocycles. The van der Waals surface area contributed by atoms with Crippen LogP contribution < -0.4 is 9.80 Å². The van der Waals surface area contributed by atoms with Crippen molar-refractivity contribution in [2.75, 3.05) is 49.1 Å². The summed E-state index contributed by atoms with van der Waals surface area (Å²) in [5.74, 6) is 1.23. The second-order valence-corrected chi connectivity index (χ2v) is 7.46. The molecular formula is C21H26FN5O. The number of likely N-dealkylation sites (tertiary alicyclic amines) is 1. The van der Waals surface area contributed by atoms with Crippen LogP contribution in [0.2, 0.25) is 0 Å². The molecule has 0 radical (unpaired) electrons. The Kier molecular flexibility index (Phi) is 5.41. The highest BCUT2D eigenvalue weighted by Crippen LogP contribution is 2.21. The summed E-state index contributed by atoms with van der Waals surface area (Å²) in [6, 6.07) is 8.45. The van der Waals surface area contributed by atoms with E-state index in [1.807, 2.05) is 30.0 Å². The highest BCUT2D eigenvalue weighted by atomic mass is 19.1. The first-order valence-corrected chi connectivity index (χ1v) is 10.0. The van der Waals surface area contributed by atoms with Gasteiger partial charge in [-0.1, -0.05) is 0 Å². The second-order valence-electron chi connectivity index (χ2n) is 7.46. The van der Waals surface area contributed by atoms with Gasteiger partial charge < -0.3 is 14.7 Å². The maximum absolute atomic E-state index is 13.1. The zero-order valence-corrected chi connectivity index (χ0v) is 16.3. The third-order valence-electron chi connectivity index (χ3n) is 5.48. The number of piperazine rings is 1. The van der Waals surface area contributed by atoms with Gasteiger partial charge in [0.2, 0.25) is 0 Å². The van der Waals surface area contributed by atoms with E-state index in [9.17, 15) is 9.18 Å². The molecule has 0 N–H and O–H groups in total. The summed E-state index contributed by atoms with van der Waals surface area (Å²) in [6.07, 6.45) is 3.32. The predicted octanol–water partition coefficient (Wildman–Crippen LogP) is 2.88. The van der Waals surface area contributed by atoms with Gasteiger partial charge in [0, 0.05) is 51.0 Å². The van der Waals surface area contributed by atoms with Crippen LogP contribution in [0.4, 0.5) is 15.9 Å². The first kappa shape index (κ1) is 18.7. The van der Waals surface area contributed by atoms with Crippen LogP contribution in [-0.4, -0.2) is 60.0 Å². The van der Waals surface area contributed by atoms with Gasteiger partial charge in [0.05, 0.1) is 0 Å². The lowest BCUT2D eigenvalue weighted by Gasteiger charge is -2.37. The number of carbonyl (C=O) groups excluding carboxylic acids is 1.